The van der Waals surface area contributed by atoms with E-state index in [4.69, 9.17) is 15.2 Å². The van der Waals surface area contributed by atoms with Crippen molar-refractivity contribution in [2.45, 2.75) is 45.6 Å². The number of amides is 2. The van der Waals surface area contributed by atoms with E-state index in [9.17, 15) is 22.8 Å². The van der Waals surface area contributed by atoms with Gasteiger partial charge in [0.2, 0.25) is 0 Å². The van der Waals surface area contributed by atoms with Gasteiger partial charge in [0.25, 0.3) is 5.91 Å². The van der Waals surface area contributed by atoms with E-state index in [1.165, 1.54) is 25.1 Å². The quantitative estimate of drug-likeness (QED) is 0.133. The van der Waals surface area contributed by atoms with E-state index in [0.29, 0.717) is 29.4 Å². The average Bonchev–Trinajstić information content (AvgIpc) is 3.62. The van der Waals surface area contributed by atoms with Gasteiger partial charge in [0, 0.05) is 30.9 Å². The van der Waals surface area contributed by atoms with Gasteiger partial charge in [-0.05, 0) is 69.2 Å². The maximum Gasteiger partial charge on any atom is 0.416 e. The number of rotatable bonds is 10. The number of halogens is 3. The molecule has 1 atom stereocenters. The van der Waals surface area contributed by atoms with Crippen molar-refractivity contribution in [2.75, 3.05) is 18.4 Å². The lowest BCUT2D eigenvalue weighted by molar-refractivity contribution is -0.139. The summed E-state index contributed by atoms with van der Waals surface area (Å²) in [7, 11) is 0. The maximum absolute atomic E-state index is 13.6. The molecule has 5 rings (SSSR count). The Bertz CT molecular complexity index is 1910. The second-order valence-electron chi connectivity index (χ2n) is 11.6. The van der Waals surface area contributed by atoms with Gasteiger partial charge in [-0.25, -0.2) is 14.8 Å². The fraction of sp³-hybridized carbons (Fsp3) is 0.273. The molecule has 0 spiro atoms. The number of hydrogen-bond donors (Lipinski definition) is 3. The molecule has 5 aromatic rings. The topological polar surface area (TPSA) is 133 Å². The van der Waals surface area contributed by atoms with Gasteiger partial charge >= 0.3 is 12.3 Å². The second kappa shape index (κ2) is 13.3. The van der Waals surface area contributed by atoms with Crippen LogP contribution in [0.4, 0.5) is 23.8 Å². The molecule has 2 amide bonds. The molecule has 4 N–H and O–H groups in total. The van der Waals surface area contributed by atoms with Crippen molar-refractivity contribution in [2.24, 2.45) is 5.73 Å². The largest absolute Gasteiger partial charge is 0.484 e. The van der Waals surface area contributed by atoms with Gasteiger partial charge in [-0.3, -0.25) is 9.36 Å². The summed E-state index contributed by atoms with van der Waals surface area (Å²) >= 11 is 1.05. The Kier molecular flexibility index (Phi) is 9.43. The first-order chi connectivity index (χ1) is 22.2. The highest BCUT2D eigenvalue weighted by Crippen LogP contribution is 2.39. The second-order valence-corrected chi connectivity index (χ2v) is 12.6. The number of primary amides is 1. The Labute approximate surface area is 272 Å². The van der Waals surface area contributed by atoms with Crippen molar-refractivity contribution in [1.82, 2.24) is 19.9 Å². The van der Waals surface area contributed by atoms with Crippen LogP contribution in [-0.2, 0) is 10.9 Å². The van der Waals surface area contributed by atoms with E-state index in [-0.39, 0.29) is 16.2 Å². The van der Waals surface area contributed by atoms with Crippen LogP contribution in [0.5, 0.6) is 5.75 Å². The minimum absolute atomic E-state index is 0.0595. The van der Waals surface area contributed by atoms with Crippen LogP contribution >= 0.6 is 11.3 Å². The Morgan fingerprint density at radius 3 is 2.47 bits per heavy atom. The number of aromatic nitrogens is 3. The number of hydrogen-bond acceptors (Lipinski definition) is 8. The van der Waals surface area contributed by atoms with Gasteiger partial charge in [-0.15, -0.1) is 11.3 Å². The van der Waals surface area contributed by atoms with Crippen molar-refractivity contribution in [3.05, 3.63) is 89.2 Å². The number of carbonyl (C=O) groups is 2. The first kappa shape index (κ1) is 33.3. The van der Waals surface area contributed by atoms with Gasteiger partial charge in [0.15, 0.2) is 0 Å². The Balaban J connectivity index is 1.33. The minimum Gasteiger partial charge on any atom is -0.484 e. The number of nitrogens with one attached hydrogen (secondary N) is 2. The number of ether oxygens (including phenoxy) is 2. The zero-order valence-electron chi connectivity index (χ0n) is 26.0. The van der Waals surface area contributed by atoms with Crippen LogP contribution in [0, 0.1) is 0 Å². The summed E-state index contributed by atoms with van der Waals surface area (Å²) < 4.78 is 53.8. The van der Waals surface area contributed by atoms with Gasteiger partial charge in [0.1, 0.15) is 39.5 Å². The standard InChI is InChI=1S/C33H33F3N6O4S/c1-19(22-7-5-6-8-23(22)33(34,35)36)45-26-17-28(47-29(26)30(37)43)42-18-41-24-15-20(9-10-25(24)42)21-11-12-38-27(16-21)39-13-14-40-31(44)46-32(2,3)4/h5-12,15-19H,13-14H2,1-4H3,(H2,37,43)(H,38,39)(H,40,44)/t19-/m1/s1. The monoisotopic (exact) mass is 666 g/mol. The van der Waals surface area contributed by atoms with E-state index in [0.717, 1.165) is 34.0 Å². The molecule has 246 valence electrons. The molecule has 0 unspecified atom stereocenters. The van der Waals surface area contributed by atoms with Crippen LogP contribution in [0.1, 0.15) is 54.6 Å². The number of pyridine rings is 1. The van der Waals surface area contributed by atoms with Gasteiger partial charge in [0.05, 0.1) is 16.6 Å². The number of benzene rings is 2. The van der Waals surface area contributed by atoms with E-state index in [2.05, 4.69) is 20.6 Å². The van der Waals surface area contributed by atoms with Crippen molar-refractivity contribution in [3.8, 4) is 21.9 Å². The molecule has 0 radical (unpaired) electrons. The number of fused-ring (bicyclic) bond motifs is 1. The van der Waals surface area contributed by atoms with Crippen molar-refractivity contribution < 1.29 is 32.2 Å². The third kappa shape index (κ3) is 8.01. The SMILES string of the molecule is C[C@@H](Oc1cc(-n2cnc3cc(-c4ccnc(NCCNC(=O)OC(C)(C)C)c4)ccc32)sc1C(N)=O)c1ccccc1C(F)(F)F. The molecular weight excluding hydrogens is 633 g/mol. The molecule has 47 heavy (non-hydrogen) atoms. The molecule has 0 saturated heterocycles. The van der Waals surface area contributed by atoms with Crippen LogP contribution in [0.15, 0.2) is 73.2 Å². The molecule has 3 heterocycles. The maximum atomic E-state index is 13.6. The Hall–Kier alpha value is -5.11. The molecule has 0 aliphatic heterocycles. The van der Waals surface area contributed by atoms with Crippen LogP contribution < -0.4 is 21.1 Å². The fourth-order valence-electron chi connectivity index (χ4n) is 4.85. The minimum atomic E-state index is -4.57. The molecule has 10 nitrogen and oxygen atoms in total. The van der Waals surface area contributed by atoms with Crippen LogP contribution in [0.25, 0.3) is 27.2 Å². The van der Waals surface area contributed by atoms with Crippen molar-refractivity contribution >= 4 is 40.2 Å². The predicted octanol–water partition coefficient (Wildman–Crippen LogP) is 7.34. The normalized spacial score (nSPS) is 12.5. The average molecular weight is 667 g/mol. The van der Waals surface area contributed by atoms with Gasteiger partial charge < -0.3 is 25.8 Å². The molecule has 14 heteroatoms. The number of alkyl carbamates (subject to hydrolysis) is 1. The number of nitrogens with zero attached hydrogens (tertiary/aromatic N) is 3. The highest BCUT2D eigenvalue weighted by atomic mass is 32.1. The highest BCUT2D eigenvalue weighted by molar-refractivity contribution is 7.16. The summed E-state index contributed by atoms with van der Waals surface area (Å²) in [5.74, 6) is -0.0585. The van der Waals surface area contributed by atoms with Crippen LogP contribution in [0.2, 0.25) is 0 Å². The summed E-state index contributed by atoms with van der Waals surface area (Å²) in [5, 5.41) is 6.42. The first-order valence-electron chi connectivity index (χ1n) is 14.6. The molecule has 0 aliphatic carbocycles. The molecule has 2 aromatic carbocycles. The Morgan fingerprint density at radius 1 is 1.00 bits per heavy atom. The van der Waals surface area contributed by atoms with Gasteiger partial charge in [-0.1, -0.05) is 24.3 Å². The van der Waals surface area contributed by atoms with Crippen LogP contribution in [-0.4, -0.2) is 45.2 Å². The molecule has 0 saturated carbocycles. The smallest absolute Gasteiger partial charge is 0.416 e. The number of alkyl halides is 3. The number of thiophene rings is 1. The van der Waals surface area contributed by atoms with Crippen molar-refractivity contribution in [3.63, 3.8) is 0 Å². The van der Waals surface area contributed by atoms with E-state index >= 15 is 0 Å². The lowest BCUT2D eigenvalue weighted by atomic mass is 10.0. The summed E-state index contributed by atoms with van der Waals surface area (Å²) in [6, 6.07) is 16.2. The van der Waals surface area contributed by atoms with Crippen molar-refractivity contribution in [1.29, 1.82) is 0 Å². The Morgan fingerprint density at radius 2 is 1.74 bits per heavy atom. The number of carbonyl (C=O) groups excluding carboxylic acids is 2. The third-order valence-electron chi connectivity index (χ3n) is 6.89. The number of imidazole rings is 1. The summed E-state index contributed by atoms with van der Waals surface area (Å²) in [6.07, 6.45) is -2.81. The molecule has 3 aromatic heterocycles. The van der Waals surface area contributed by atoms with E-state index < -0.39 is 35.4 Å². The van der Waals surface area contributed by atoms with E-state index in [1.54, 1.807) is 43.9 Å². The zero-order chi connectivity index (χ0) is 33.9. The van der Waals surface area contributed by atoms with E-state index in [1.807, 2.05) is 30.3 Å². The summed E-state index contributed by atoms with van der Waals surface area (Å²) in [6.45, 7) is 7.66. The molecule has 0 fully saturated rings. The lowest BCUT2D eigenvalue weighted by Gasteiger charge is -2.19. The lowest BCUT2D eigenvalue weighted by Crippen LogP contribution is -2.35. The van der Waals surface area contributed by atoms with Gasteiger partial charge in [-0.2, -0.15) is 13.2 Å². The van der Waals surface area contributed by atoms with Crippen LogP contribution in [0.3, 0.4) is 0 Å². The molecule has 0 aliphatic rings. The number of nitrogens with two attached hydrogens (primary N) is 1. The first-order valence-corrected chi connectivity index (χ1v) is 15.4. The third-order valence-corrected chi connectivity index (χ3v) is 8.02. The highest BCUT2D eigenvalue weighted by Gasteiger charge is 2.35. The summed E-state index contributed by atoms with van der Waals surface area (Å²) in [5.41, 5.74) is 7.34. The molecule has 0 bridgehead atoms. The molecular formula is C33H33F3N6O4S. The predicted molar refractivity (Wildman–Crippen MR) is 174 cm³/mol. The fourth-order valence-corrected chi connectivity index (χ4v) is 5.77. The number of anilines is 1. The zero-order valence-corrected chi connectivity index (χ0v) is 26.8. The summed E-state index contributed by atoms with van der Waals surface area (Å²) in [4.78, 5) is 33.1.